The first kappa shape index (κ1) is 19.9. The van der Waals surface area contributed by atoms with Gasteiger partial charge in [0.25, 0.3) is 0 Å². The Morgan fingerprint density at radius 2 is 2.00 bits per heavy atom. The van der Waals surface area contributed by atoms with Gasteiger partial charge in [-0.15, -0.1) is 0 Å². The summed E-state index contributed by atoms with van der Waals surface area (Å²) in [7, 11) is 0. The molecule has 1 heterocycles. The maximum Gasteiger partial charge on any atom is 0.387 e. The zero-order chi connectivity index (χ0) is 19.1. The second-order valence-corrected chi connectivity index (χ2v) is 6.30. The lowest BCUT2D eigenvalue weighted by Crippen LogP contribution is -2.49. The van der Waals surface area contributed by atoms with E-state index in [1.165, 1.54) is 12.1 Å². The van der Waals surface area contributed by atoms with Crippen LogP contribution in [0, 0.1) is 5.92 Å². The number of carbonyl (C=O) groups is 2. The highest BCUT2D eigenvalue weighted by Crippen LogP contribution is 2.21. The topological polar surface area (TPSA) is 70.7 Å². The van der Waals surface area contributed by atoms with E-state index < -0.39 is 6.61 Å². The van der Waals surface area contributed by atoms with E-state index in [-0.39, 0.29) is 29.6 Å². The van der Waals surface area contributed by atoms with Gasteiger partial charge in [-0.05, 0) is 44.4 Å². The van der Waals surface area contributed by atoms with Gasteiger partial charge in [0.05, 0.1) is 12.0 Å². The molecule has 6 nitrogen and oxygen atoms in total. The molecule has 0 aromatic heterocycles. The molecule has 1 aromatic rings. The van der Waals surface area contributed by atoms with E-state index in [4.69, 9.17) is 0 Å². The van der Waals surface area contributed by atoms with Crippen LogP contribution in [0.4, 0.5) is 13.6 Å². The number of benzene rings is 1. The van der Waals surface area contributed by atoms with Gasteiger partial charge in [0, 0.05) is 19.6 Å². The van der Waals surface area contributed by atoms with Crippen molar-refractivity contribution < 1.29 is 23.1 Å². The van der Waals surface area contributed by atoms with Gasteiger partial charge in [-0.25, -0.2) is 4.79 Å². The van der Waals surface area contributed by atoms with Crippen LogP contribution in [0.2, 0.25) is 0 Å². The second-order valence-electron chi connectivity index (χ2n) is 6.30. The smallest absolute Gasteiger partial charge is 0.387 e. The van der Waals surface area contributed by atoms with Crippen LogP contribution in [0.15, 0.2) is 24.3 Å². The normalized spacial score (nSPS) is 18.3. The van der Waals surface area contributed by atoms with E-state index in [1.54, 1.807) is 17.0 Å². The van der Waals surface area contributed by atoms with Crippen molar-refractivity contribution in [2.75, 3.05) is 19.6 Å². The minimum Gasteiger partial charge on any atom is -0.435 e. The first-order valence-electron chi connectivity index (χ1n) is 8.78. The molecular weight excluding hydrogens is 344 g/mol. The van der Waals surface area contributed by atoms with Crippen molar-refractivity contribution >= 4 is 11.9 Å². The van der Waals surface area contributed by atoms with Crippen LogP contribution in [0.5, 0.6) is 5.75 Å². The Bertz CT molecular complexity index is 610. The number of hydrogen-bond acceptors (Lipinski definition) is 3. The number of amides is 3. The Morgan fingerprint density at radius 1 is 1.31 bits per heavy atom. The summed E-state index contributed by atoms with van der Waals surface area (Å²) in [5.74, 6) is -0.133. The van der Waals surface area contributed by atoms with Crippen LogP contribution >= 0.6 is 0 Å². The van der Waals surface area contributed by atoms with Crippen molar-refractivity contribution in [1.82, 2.24) is 15.5 Å². The monoisotopic (exact) mass is 369 g/mol. The number of urea groups is 1. The van der Waals surface area contributed by atoms with Gasteiger partial charge in [0.15, 0.2) is 0 Å². The molecule has 1 fully saturated rings. The molecule has 1 saturated heterocycles. The lowest BCUT2D eigenvalue weighted by Gasteiger charge is -2.33. The fraction of sp³-hybridized carbons (Fsp3) is 0.556. The van der Waals surface area contributed by atoms with Gasteiger partial charge >= 0.3 is 12.6 Å². The third kappa shape index (κ3) is 5.57. The van der Waals surface area contributed by atoms with Gasteiger partial charge in [-0.3, -0.25) is 4.79 Å². The van der Waals surface area contributed by atoms with Crippen molar-refractivity contribution in [1.29, 1.82) is 0 Å². The lowest BCUT2D eigenvalue weighted by atomic mass is 9.97. The maximum absolute atomic E-state index is 12.5. The number of carbonyl (C=O) groups excluding carboxylic acids is 2. The van der Waals surface area contributed by atoms with Gasteiger partial charge in [0.1, 0.15) is 5.75 Å². The fourth-order valence-electron chi connectivity index (χ4n) is 2.99. The zero-order valence-corrected chi connectivity index (χ0v) is 15.0. The van der Waals surface area contributed by atoms with E-state index in [0.717, 1.165) is 18.4 Å². The standard InChI is InChI=1S/C18H25F2N3O3/c1-3-21-16(24)14-5-4-10-23(11-14)18(25)22-12(2)13-6-8-15(9-7-13)26-17(19)20/h6-9,12,14,17H,3-5,10-11H2,1-2H3,(H,21,24)(H,22,25)/t12-,14-/m0/s1. The number of hydrogen-bond donors (Lipinski definition) is 2. The summed E-state index contributed by atoms with van der Waals surface area (Å²) in [6.07, 6.45) is 1.56. The van der Waals surface area contributed by atoms with Gasteiger partial charge in [-0.1, -0.05) is 12.1 Å². The molecule has 0 spiro atoms. The Kier molecular flexibility index (Phi) is 7.17. The third-order valence-corrected chi connectivity index (χ3v) is 4.38. The van der Waals surface area contributed by atoms with E-state index in [9.17, 15) is 18.4 Å². The van der Waals surface area contributed by atoms with Crippen LogP contribution in [0.25, 0.3) is 0 Å². The molecule has 144 valence electrons. The molecule has 3 amide bonds. The average Bonchev–Trinajstić information content (AvgIpc) is 2.62. The molecule has 0 saturated carbocycles. The van der Waals surface area contributed by atoms with Gasteiger partial charge in [0.2, 0.25) is 5.91 Å². The molecule has 0 bridgehead atoms. The first-order valence-corrected chi connectivity index (χ1v) is 8.78. The highest BCUT2D eigenvalue weighted by molar-refractivity contribution is 5.80. The van der Waals surface area contributed by atoms with Crippen LogP contribution in [0.3, 0.4) is 0 Å². The molecule has 2 rings (SSSR count). The number of nitrogens with one attached hydrogen (secondary N) is 2. The van der Waals surface area contributed by atoms with E-state index in [0.29, 0.717) is 19.6 Å². The highest BCUT2D eigenvalue weighted by Gasteiger charge is 2.28. The molecule has 1 aliphatic rings. The summed E-state index contributed by atoms with van der Waals surface area (Å²) >= 11 is 0. The molecular formula is C18H25F2N3O3. The summed E-state index contributed by atoms with van der Waals surface area (Å²) in [5.41, 5.74) is 0.775. The Balaban J connectivity index is 1.90. The SMILES string of the molecule is CCNC(=O)[C@H]1CCCN(C(=O)N[C@@H](C)c2ccc(OC(F)F)cc2)C1. The van der Waals surface area contributed by atoms with Crippen LogP contribution in [-0.4, -0.2) is 43.1 Å². The Labute approximate surface area is 151 Å². The van der Waals surface area contributed by atoms with Crippen molar-refractivity contribution in [3.8, 4) is 5.75 Å². The fourth-order valence-corrected chi connectivity index (χ4v) is 2.99. The molecule has 1 aliphatic heterocycles. The summed E-state index contributed by atoms with van der Waals surface area (Å²) in [4.78, 5) is 26.1. The maximum atomic E-state index is 12.5. The number of halogens is 2. The first-order chi connectivity index (χ1) is 12.4. The molecule has 2 N–H and O–H groups in total. The lowest BCUT2D eigenvalue weighted by molar-refractivity contribution is -0.126. The van der Waals surface area contributed by atoms with E-state index >= 15 is 0 Å². The summed E-state index contributed by atoms with van der Waals surface area (Å²) in [5, 5.41) is 5.68. The van der Waals surface area contributed by atoms with Crippen molar-refractivity contribution in [2.24, 2.45) is 5.92 Å². The molecule has 2 atom stereocenters. The highest BCUT2D eigenvalue weighted by atomic mass is 19.3. The van der Waals surface area contributed by atoms with Gasteiger partial charge in [-0.2, -0.15) is 8.78 Å². The number of likely N-dealkylation sites (tertiary alicyclic amines) is 1. The number of ether oxygens (including phenoxy) is 1. The third-order valence-electron chi connectivity index (χ3n) is 4.38. The Morgan fingerprint density at radius 3 is 2.62 bits per heavy atom. The quantitative estimate of drug-likeness (QED) is 0.810. The van der Waals surface area contributed by atoms with Crippen LogP contribution in [0.1, 0.15) is 38.3 Å². The Hall–Kier alpha value is -2.38. The molecule has 0 aliphatic carbocycles. The minimum absolute atomic E-state index is 0.0207. The second kappa shape index (κ2) is 9.35. The summed E-state index contributed by atoms with van der Waals surface area (Å²) in [6, 6.07) is 5.62. The van der Waals surface area contributed by atoms with Gasteiger partial charge < -0.3 is 20.3 Å². The van der Waals surface area contributed by atoms with Crippen molar-refractivity contribution in [3.05, 3.63) is 29.8 Å². The molecule has 26 heavy (non-hydrogen) atoms. The van der Waals surface area contributed by atoms with Crippen molar-refractivity contribution in [2.45, 2.75) is 39.3 Å². The average molecular weight is 369 g/mol. The number of alkyl halides is 2. The minimum atomic E-state index is -2.87. The molecule has 0 radical (unpaired) electrons. The number of nitrogens with zero attached hydrogens (tertiary/aromatic N) is 1. The number of rotatable bonds is 6. The predicted octanol–water partition coefficient (Wildman–Crippen LogP) is 2.91. The summed E-state index contributed by atoms with van der Waals surface area (Å²) < 4.78 is 28.7. The van der Waals surface area contributed by atoms with Crippen molar-refractivity contribution in [3.63, 3.8) is 0 Å². The zero-order valence-electron chi connectivity index (χ0n) is 15.0. The number of piperidine rings is 1. The predicted molar refractivity (Wildman–Crippen MR) is 93.0 cm³/mol. The van der Waals surface area contributed by atoms with Crippen LogP contribution in [-0.2, 0) is 4.79 Å². The largest absolute Gasteiger partial charge is 0.435 e. The van der Waals surface area contributed by atoms with E-state index in [2.05, 4.69) is 15.4 Å². The molecule has 1 aromatic carbocycles. The molecule has 8 heteroatoms. The van der Waals surface area contributed by atoms with Crippen LogP contribution < -0.4 is 15.4 Å². The van der Waals surface area contributed by atoms with E-state index in [1.807, 2.05) is 13.8 Å². The summed E-state index contributed by atoms with van der Waals surface area (Å²) in [6.45, 7) is 2.39. The molecule has 0 unspecified atom stereocenters.